The lowest BCUT2D eigenvalue weighted by atomic mass is 10.1. The molecule has 0 spiro atoms. The molecule has 1 heterocycles. The second kappa shape index (κ2) is 5.77. The van der Waals surface area contributed by atoms with Crippen LogP contribution in [0.2, 0.25) is 0 Å². The summed E-state index contributed by atoms with van der Waals surface area (Å²) in [5, 5.41) is 7.31. The monoisotopic (exact) mass is 236 g/mol. The SMILES string of the molecule is CCCNCC1CC(c2cccc(F)c2)=NO1. The molecule has 1 atom stereocenters. The van der Waals surface area contributed by atoms with E-state index in [0.29, 0.717) is 0 Å². The molecule has 0 aliphatic carbocycles. The first-order chi connectivity index (χ1) is 8.29. The number of nitrogens with one attached hydrogen (secondary N) is 1. The van der Waals surface area contributed by atoms with Crippen molar-refractivity contribution in [1.29, 1.82) is 0 Å². The minimum absolute atomic E-state index is 0.0693. The molecule has 2 rings (SSSR count). The molecule has 1 aliphatic heterocycles. The van der Waals surface area contributed by atoms with Gasteiger partial charge in [0.25, 0.3) is 0 Å². The molecule has 92 valence electrons. The average Bonchev–Trinajstić information content (AvgIpc) is 2.78. The van der Waals surface area contributed by atoms with E-state index in [1.807, 2.05) is 6.07 Å². The Morgan fingerprint density at radius 1 is 1.53 bits per heavy atom. The van der Waals surface area contributed by atoms with Crippen LogP contribution in [0.3, 0.4) is 0 Å². The first-order valence-corrected chi connectivity index (χ1v) is 5.99. The fraction of sp³-hybridized carbons (Fsp3) is 0.462. The highest BCUT2D eigenvalue weighted by Gasteiger charge is 2.21. The van der Waals surface area contributed by atoms with Crippen LogP contribution in [-0.4, -0.2) is 24.9 Å². The van der Waals surface area contributed by atoms with Crippen molar-refractivity contribution in [3.63, 3.8) is 0 Å². The van der Waals surface area contributed by atoms with Crippen molar-refractivity contribution in [2.45, 2.75) is 25.9 Å². The topological polar surface area (TPSA) is 33.6 Å². The van der Waals surface area contributed by atoms with Crippen molar-refractivity contribution >= 4 is 5.71 Å². The van der Waals surface area contributed by atoms with Gasteiger partial charge in [-0.2, -0.15) is 0 Å². The summed E-state index contributed by atoms with van der Waals surface area (Å²) in [6.45, 7) is 3.89. The first kappa shape index (κ1) is 12.0. The third-order valence-corrected chi connectivity index (χ3v) is 2.69. The van der Waals surface area contributed by atoms with Gasteiger partial charge in [0, 0.05) is 18.5 Å². The molecule has 4 heteroatoms. The zero-order valence-corrected chi connectivity index (χ0v) is 9.95. The molecule has 17 heavy (non-hydrogen) atoms. The summed E-state index contributed by atoms with van der Waals surface area (Å²) in [7, 11) is 0. The van der Waals surface area contributed by atoms with Crippen LogP contribution in [0.15, 0.2) is 29.4 Å². The van der Waals surface area contributed by atoms with Gasteiger partial charge in [0.2, 0.25) is 0 Å². The molecule has 0 amide bonds. The molecular weight excluding hydrogens is 219 g/mol. The molecule has 0 saturated carbocycles. The fourth-order valence-electron chi connectivity index (χ4n) is 1.82. The second-order valence-corrected chi connectivity index (χ2v) is 4.18. The van der Waals surface area contributed by atoms with E-state index in [0.717, 1.165) is 37.2 Å². The van der Waals surface area contributed by atoms with Crippen molar-refractivity contribution in [3.05, 3.63) is 35.6 Å². The predicted octanol–water partition coefficient (Wildman–Crippen LogP) is 2.32. The van der Waals surface area contributed by atoms with Gasteiger partial charge in [0.05, 0.1) is 5.71 Å². The molecule has 1 aromatic rings. The average molecular weight is 236 g/mol. The van der Waals surface area contributed by atoms with E-state index in [1.165, 1.54) is 12.1 Å². The number of hydrogen-bond acceptors (Lipinski definition) is 3. The number of halogens is 1. The zero-order chi connectivity index (χ0) is 12.1. The third kappa shape index (κ3) is 3.27. The Balaban J connectivity index is 1.89. The second-order valence-electron chi connectivity index (χ2n) is 4.18. The molecule has 0 saturated heterocycles. The highest BCUT2D eigenvalue weighted by molar-refractivity contribution is 6.01. The Kier molecular flexibility index (Phi) is 4.09. The summed E-state index contributed by atoms with van der Waals surface area (Å²) >= 11 is 0. The molecule has 3 nitrogen and oxygen atoms in total. The lowest BCUT2D eigenvalue weighted by Crippen LogP contribution is -2.27. The van der Waals surface area contributed by atoms with E-state index in [9.17, 15) is 4.39 Å². The van der Waals surface area contributed by atoms with Crippen LogP contribution in [0, 0.1) is 5.82 Å². The van der Waals surface area contributed by atoms with Crippen LogP contribution >= 0.6 is 0 Å². The summed E-state index contributed by atoms with van der Waals surface area (Å²) in [4.78, 5) is 5.31. The van der Waals surface area contributed by atoms with Crippen LogP contribution in [0.4, 0.5) is 4.39 Å². The van der Waals surface area contributed by atoms with Gasteiger partial charge < -0.3 is 10.2 Å². The molecule has 0 aromatic heterocycles. The molecule has 1 aromatic carbocycles. The maximum Gasteiger partial charge on any atom is 0.145 e. The predicted molar refractivity (Wildman–Crippen MR) is 65.6 cm³/mol. The number of oxime groups is 1. The largest absolute Gasteiger partial charge is 0.390 e. The Hall–Kier alpha value is -1.42. The number of benzene rings is 1. The van der Waals surface area contributed by atoms with Crippen LogP contribution in [0.1, 0.15) is 25.3 Å². The van der Waals surface area contributed by atoms with Crippen molar-refractivity contribution in [2.75, 3.05) is 13.1 Å². The lowest BCUT2D eigenvalue weighted by molar-refractivity contribution is 0.0852. The Morgan fingerprint density at radius 3 is 3.18 bits per heavy atom. The maximum atomic E-state index is 13.1. The van der Waals surface area contributed by atoms with Crippen LogP contribution in [0.25, 0.3) is 0 Å². The quantitative estimate of drug-likeness (QED) is 0.796. The standard InChI is InChI=1S/C13H17FN2O/c1-2-6-15-9-12-8-13(16-17-12)10-4-3-5-11(14)7-10/h3-5,7,12,15H,2,6,8-9H2,1H3. The fourth-order valence-corrected chi connectivity index (χ4v) is 1.82. The molecule has 1 N–H and O–H groups in total. The van der Waals surface area contributed by atoms with Gasteiger partial charge in [-0.15, -0.1) is 0 Å². The van der Waals surface area contributed by atoms with Gasteiger partial charge in [-0.1, -0.05) is 24.2 Å². The Bertz CT molecular complexity index is 406. The molecule has 1 unspecified atom stereocenters. The highest BCUT2D eigenvalue weighted by atomic mass is 19.1. The van der Waals surface area contributed by atoms with Crippen LogP contribution in [-0.2, 0) is 4.84 Å². The molecule has 0 fully saturated rings. The Morgan fingerprint density at radius 2 is 2.41 bits per heavy atom. The normalized spacial score (nSPS) is 18.9. The third-order valence-electron chi connectivity index (χ3n) is 2.69. The maximum absolute atomic E-state index is 13.1. The van der Waals surface area contributed by atoms with E-state index >= 15 is 0 Å². The van der Waals surface area contributed by atoms with Gasteiger partial charge >= 0.3 is 0 Å². The molecule has 1 aliphatic rings. The van der Waals surface area contributed by atoms with Gasteiger partial charge in [-0.25, -0.2) is 4.39 Å². The molecular formula is C13H17FN2O. The number of hydrogen-bond donors (Lipinski definition) is 1. The van der Waals surface area contributed by atoms with Crippen LogP contribution < -0.4 is 5.32 Å². The lowest BCUT2D eigenvalue weighted by Gasteiger charge is -2.08. The van der Waals surface area contributed by atoms with Gasteiger partial charge in [-0.3, -0.25) is 0 Å². The van der Waals surface area contributed by atoms with Gasteiger partial charge in [0.15, 0.2) is 0 Å². The van der Waals surface area contributed by atoms with Crippen molar-refractivity contribution < 1.29 is 9.23 Å². The van der Waals surface area contributed by atoms with Crippen molar-refractivity contribution in [1.82, 2.24) is 5.32 Å². The first-order valence-electron chi connectivity index (χ1n) is 5.99. The molecule has 0 bridgehead atoms. The van der Waals surface area contributed by atoms with E-state index in [4.69, 9.17) is 4.84 Å². The smallest absolute Gasteiger partial charge is 0.145 e. The van der Waals surface area contributed by atoms with Crippen LogP contribution in [0.5, 0.6) is 0 Å². The summed E-state index contributed by atoms with van der Waals surface area (Å²) in [5.74, 6) is -0.238. The number of rotatable bonds is 5. The molecule has 0 radical (unpaired) electrons. The minimum atomic E-state index is -0.238. The summed E-state index contributed by atoms with van der Waals surface area (Å²) in [6, 6.07) is 6.47. The van der Waals surface area contributed by atoms with E-state index in [2.05, 4.69) is 17.4 Å². The zero-order valence-electron chi connectivity index (χ0n) is 9.95. The van der Waals surface area contributed by atoms with Crippen molar-refractivity contribution in [3.8, 4) is 0 Å². The van der Waals surface area contributed by atoms with E-state index in [-0.39, 0.29) is 11.9 Å². The van der Waals surface area contributed by atoms with E-state index in [1.54, 1.807) is 6.07 Å². The minimum Gasteiger partial charge on any atom is -0.390 e. The summed E-state index contributed by atoms with van der Waals surface area (Å²) in [5.41, 5.74) is 1.63. The van der Waals surface area contributed by atoms with Gasteiger partial charge in [0.1, 0.15) is 11.9 Å². The number of nitrogens with zero attached hydrogens (tertiary/aromatic N) is 1. The van der Waals surface area contributed by atoms with E-state index < -0.39 is 0 Å². The van der Waals surface area contributed by atoms with Gasteiger partial charge in [-0.05, 0) is 25.1 Å². The summed E-state index contributed by atoms with van der Waals surface area (Å²) in [6.07, 6.45) is 1.91. The Labute approximate surface area is 101 Å². The van der Waals surface area contributed by atoms with Crippen molar-refractivity contribution in [2.24, 2.45) is 5.16 Å². The highest BCUT2D eigenvalue weighted by Crippen LogP contribution is 2.16. The summed E-state index contributed by atoms with van der Waals surface area (Å²) < 4.78 is 13.1.